The van der Waals surface area contributed by atoms with Crippen LogP contribution in [0.4, 0.5) is 0 Å². The number of carbonyl (C=O) groups is 1. The van der Waals surface area contributed by atoms with Crippen molar-refractivity contribution in [3.05, 3.63) is 23.6 Å². The van der Waals surface area contributed by atoms with Gasteiger partial charge >= 0.3 is 57.4 Å². The first-order valence-electron chi connectivity index (χ1n) is 4.15. The van der Waals surface area contributed by atoms with Gasteiger partial charge in [-0.05, 0) is 6.07 Å². The monoisotopic (exact) mass is 266 g/mol. The Balaban J connectivity index is 0.00000128. The van der Waals surface area contributed by atoms with Gasteiger partial charge in [-0.3, -0.25) is 0 Å². The van der Waals surface area contributed by atoms with Crippen molar-refractivity contribution in [3.63, 3.8) is 0 Å². The molecule has 0 aliphatic heterocycles. The van der Waals surface area contributed by atoms with Gasteiger partial charge in [0.2, 0.25) is 0 Å². The second-order valence-corrected chi connectivity index (χ2v) is 3.17. The maximum atomic E-state index is 10.9. The van der Waals surface area contributed by atoms with Crippen LogP contribution in [0.3, 0.4) is 0 Å². The van der Waals surface area contributed by atoms with Crippen LogP contribution >= 0.6 is 11.6 Å². The predicted octanol–water partition coefficient (Wildman–Crippen LogP) is 0.465. The van der Waals surface area contributed by atoms with E-state index in [4.69, 9.17) is 21.4 Å². The van der Waals surface area contributed by atoms with Crippen molar-refractivity contribution in [2.45, 2.75) is 0 Å². The van der Waals surface area contributed by atoms with Gasteiger partial charge in [-0.2, -0.15) is 0 Å². The Morgan fingerprint density at radius 2 is 2.38 bits per heavy atom. The number of fused-ring (bicyclic) bond motifs is 1. The summed E-state index contributed by atoms with van der Waals surface area (Å²) in [6, 6.07) is 1.66. The molecule has 0 spiro atoms. The van der Waals surface area contributed by atoms with E-state index in [9.17, 15) is 4.79 Å². The Morgan fingerprint density at radius 1 is 1.62 bits per heavy atom. The first kappa shape index (κ1) is 14.1. The molecule has 2 heterocycles. The first-order chi connectivity index (χ1) is 7.22. The molecule has 7 heteroatoms. The van der Waals surface area contributed by atoms with Crippen molar-refractivity contribution < 1.29 is 14.6 Å². The molecule has 2 N–H and O–H groups in total. The molecule has 0 atom stereocenters. The summed E-state index contributed by atoms with van der Waals surface area (Å²) >= 11 is 5.81. The third-order valence-electron chi connectivity index (χ3n) is 1.87. The third kappa shape index (κ3) is 2.83. The van der Waals surface area contributed by atoms with Gasteiger partial charge in [0.1, 0.15) is 6.61 Å². The Hall–Kier alpha value is 0.0464. The van der Waals surface area contributed by atoms with Crippen LogP contribution in [0.2, 0.25) is 5.15 Å². The molecule has 0 fully saturated rings. The standard InChI is InChI=1S/C9H7ClN2O3.K.H/c10-9-8-5(1-2-11-9)6(3-12-8)15-7(14)4-13;;/h1-3,12-13H,4H2;;. The van der Waals surface area contributed by atoms with Crippen molar-refractivity contribution >= 4 is 79.9 Å². The number of aromatic amines is 1. The van der Waals surface area contributed by atoms with Crippen LogP contribution < -0.4 is 4.74 Å². The van der Waals surface area contributed by atoms with E-state index in [1.807, 2.05) is 0 Å². The number of esters is 1. The molecule has 2 aromatic rings. The molecule has 2 aromatic heterocycles. The number of hydrogen-bond donors (Lipinski definition) is 2. The van der Waals surface area contributed by atoms with Crippen molar-refractivity contribution in [2.75, 3.05) is 6.61 Å². The van der Waals surface area contributed by atoms with Crippen molar-refractivity contribution in [1.82, 2.24) is 9.97 Å². The van der Waals surface area contributed by atoms with Gasteiger partial charge in [0.25, 0.3) is 0 Å². The molecule has 16 heavy (non-hydrogen) atoms. The number of ether oxygens (including phenoxy) is 1. The molecule has 80 valence electrons. The van der Waals surface area contributed by atoms with Crippen LogP contribution in [0.1, 0.15) is 0 Å². The molecule has 5 nitrogen and oxygen atoms in total. The van der Waals surface area contributed by atoms with Gasteiger partial charge in [-0.1, -0.05) is 11.6 Å². The average molecular weight is 267 g/mol. The molecular formula is C9H8ClKN2O3. The van der Waals surface area contributed by atoms with Gasteiger partial charge in [-0.25, -0.2) is 9.78 Å². The molecular weight excluding hydrogens is 259 g/mol. The quantitative estimate of drug-likeness (QED) is 0.471. The summed E-state index contributed by atoms with van der Waals surface area (Å²) in [6.07, 6.45) is 3.00. The second kappa shape index (κ2) is 6.11. The minimum absolute atomic E-state index is 0. The van der Waals surface area contributed by atoms with Crippen LogP contribution in [0.15, 0.2) is 18.5 Å². The number of halogens is 1. The minimum atomic E-state index is -0.719. The number of hydrogen-bond acceptors (Lipinski definition) is 4. The van der Waals surface area contributed by atoms with E-state index in [1.165, 1.54) is 12.4 Å². The van der Waals surface area contributed by atoms with Crippen LogP contribution in [0.5, 0.6) is 5.75 Å². The number of nitrogens with zero attached hydrogens (tertiary/aromatic N) is 1. The van der Waals surface area contributed by atoms with Crippen LogP contribution in [-0.4, -0.2) is 79.0 Å². The SMILES string of the molecule is O=C(CO)Oc1c[nH]c2c(Cl)nccc12.[KH]. The normalized spacial score (nSPS) is 9.88. The molecule has 0 unspecified atom stereocenters. The van der Waals surface area contributed by atoms with E-state index < -0.39 is 12.6 Å². The number of H-pyrrole nitrogens is 1. The number of pyridine rings is 1. The summed E-state index contributed by atoms with van der Waals surface area (Å²) in [5, 5.41) is 9.49. The number of aliphatic hydroxyl groups excluding tert-OH is 1. The Labute approximate surface area is 139 Å². The number of nitrogens with one attached hydrogen (secondary N) is 1. The zero-order chi connectivity index (χ0) is 10.8. The van der Waals surface area contributed by atoms with E-state index in [0.717, 1.165) is 0 Å². The van der Waals surface area contributed by atoms with Crippen LogP contribution in [-0.2, 0) is 4.79 Å². The van der Waals surface area contributed by atoms with Gasteiger partial charge in [-0.15, -0.1) is 0 Å². The number of aliphatic hydroxyl groups is 1. The van der Waals surface area contributed by atoms with Gasteiger partial charge < -0.3 is 14.8 Å². The molecule has 2 rings (SSSR count). The first-order valence-corrected chi connectivity index (χ1v) is 4.53. The molecule has 0 amide bonds. The van der Waals surface area contributed by atoms with Crippen molar-refractivity contribution in [1.29, 1.82) is 0 Å². The van der Waals surface area contributed by atoms with Gasteiger partial charge in [0.05, 0.1) is 5.52 Å². The molecule has 0 saturated carbocycles. The molecule has 0 bridgehead atoms. The number of carbonyl (C=O) groups excluding carboxylic acids is 1. The predicted molar refractivity (Wildman–Crippen MR) is 61.0 cm³/mol. The number of rotatable bonds is 2. The van der Waals surface area contributed by atoms with Crippen LogP contribution in [0, 0.1) is 0 Å². The zero-order valence-corrected chi connectivity index (χ0v) is 8.28. The molecule has 0 aliphatic rings. The summed E-state index contributed by atoms with van der Waals surface area (Å²) in [6.45, 7) is -0.661. The van der Waals surface area contributed by atoms with Gasteiger partial charge in [0, 0.05) is 17.8 Å². The maximum absolute atomic E-state index is 10.9. The topological polar surface area (TPSA) is 75.2 Å². The Kier molecular flexibility index (Phi) is 5.39. The van der Waals surface area contributed by atoms with E-state index in [-0.39, 0.29) is 51.4 Å². The van der Waals surface area contributed by atoms with Gasteiger partial charge in [0.15, 0.2) is 10.9 Å². The molecule has 0 radical (unpaired) electrons. The molecule has 0 aromatic carbocycles. The van der Waals surface area contributed by atoms with E-state index >= 15 is 0 Å². The fourth-order valence-corrected chi connectivity index (χ4v) is 1.45. The van der Waals surface area contributed by atoms with E-state index in [2.05, 4.69) is 9.97 Å². The van der Waals surface area contributed by atoms with Crippen molar-refractivity contribution in [3.8, 4) is 5.75 Å². The number of aromatic nitrogens is 2. The summed E-state index contributed by atoms with van der Waals surface area (Å²) in [7, 11) is 0. The zero-order valence-electron chi connectivity index (χ0n) is 7.53. The van der Waals surface area contributed by atoms with Crippen molar-refractivity contribution in [2.24, 2.45) is 0 Å². The summed E-state index contributed by atoms with van der Waals surface area (Å²) in [5.41, 5.74) is 0.597. The molecule has 0 saturated heterocycles. The van der Waals surface area contributed by atoms with E-state index in [1.54, 1.807) is 6.07 Å². The van der Waals surface area contributed by atoms with E-state index in [0.29, 0.717) is 21.8 Å². The van der Waals surface area contributed by atoms with Crippen LogP contribution in [0.25, 0.3) is 10.9 Å². The fraction of sp³-hybridized carbons (Fsp3) is 0.111. The molecule has 0 aliphatic carbocycles. The second-order valence-electron chi connectivity index (χ2n) is 2.81. The summed E-state index contributed by atoms with van der Waals surface area (Å²) in [4.78, 5) is 17.6. The fourth-order valence-electron chi connectivity index (χ4n) is 1.23. The Morgan fingerprint density at radius 3 is 3.06 bits per heavy atom. The summed E-state index contributed by atoms with van der Waals surface area (Å²) < 4.78 is 4.87. The Bertz CT molecular complexity index is 514. The third-order valence-corrected chi connectivity index (χ3v) is 2.16. The summed E-state index contributed by atoms with van der Waals surface area (Å²) in [5.74, 6) is -0.391. The average Bonchev–Trinajstić information content (AvgIpc) is 2.63.